The van der Waals surface area contributed by atoms with Crippen molar-refractivity contribution in [3.8, 4) is 28.4 Å². The molecule has 5 heteroatoms. The van der Waals surface area contributed by atoms with E-state index in [1.165, 1.54) is 0 Å². The standard InChI is InChI=1S/C22H22O5/c1-5-14-8-16-19(10-18(14)26-12(2)3)27-13(4)21(22(16)23)15-6-7-17-20(9-15)25-11-24-17/h6-10,12H,5,11H2,1-4H3. The molecule has 0 fully saturated rings. The Hall–Kier alpha value is -2.95. The van der Waals surface area contributed by atoms with Gasteiger partial charge in [0, 0.05) is 6.07 Å². The van der Waals surface area contributed by atoms with Crippen LogP contribution in [0.5, 0.6) is 17.2 Å². The van der Waals surface area contributed by atoms with Gasteiger partial charge in [0.25, 0.3) is 0 Å². The summed E-state index contributed by atoms with van der Waals surface area (Å²) >= 11 is 0. The van der Waals surface area contributed by atoms with Crippen LogP contribution in [-0.2, 0) is 6.42 Å². The third kappa shape index (κ3) is 3.03. The Bertz CT molecular complexity index is 1080. The van der Waals surface area contributed by atoms with Crippen molar-refractivity contribution in [3.63, 3.8) is 0 Å². The Labute approximate surface area is 157 Å². The van der Waals surface area contributed by atoms with E-state index in [2.05, 4.69) is 0 Å². The summed E-state index contributed by atoms with van der Waals surface area (Å²) in [5, 5.41) is 0.557. The number of hydrogen-bond donors (Lipinski definition) is 0. The lowest BCUT2D eigenvalue weighted by Crippen LogP contribution is -2.10. The maximum Gasteiger partial charge on any atom is 0.231 e. The fourth-order valence-corrected chi connectivity index (χ4v) is 3.40. The van der Waals surface area contributed by atoms with E-state index in [0.717, 1.165) is 23.3 Å². The van der Waals surface area contributed by atoms with Crippen LogP contribution in [0.2, 0.25) is 0 Å². The van der Waals surface area contributed by atoms with Crippen molar-refractivity contribution >= 4 is 11.0 Å². The molecule has 1 aliphatic heterocycles. The van der Waals surface area contributed by atoms with E-state index in [-0.39, 0.29) is 18.3 Å². The summed E-state index contributed by atoms with van der Waals surface area (Å²) in [7, 11) is 0. The molecule has 0 radical (unpaired) electrons. The highest BCUT2D eigenvalue weighted by Gasteiger charge is 2.20. The van der Waals surface area contributed by atoms with E-state index in [0.29, 0.717) is 33.8 Å². The van der Waals surface area contributed by atoms with E-state index in [1.54, 1.807) is 6.92 Å². The zero-order valence-electron chi connectivity index (χ0n) is 15.9. The van der Waals surface area contributed by atoms with Crippen LogP contribution in [-0.4, -0.2) is 12.9 Å². The molecule has 0 N–H and O–H groups in total. The highest BCUT2D eigenvalue weighted by molar-refractivity contribution is 5.85. The Kier molecular flexibility index (Phi) is 4.30. The van der Waals surface area contributed by atoms with Crippen LogP contribution in [0.4, 0.5) is 0 Å². The predicted octanol–water partition coefficient (Wildman–Crippen LogP) is 4.85. The van der Waals surface area contributed by atoms with Crippen LogP contribution in [0, 0.1) is 6.92 Å². The number of ether oxygens (including phenoxy) is 3. The van der Waals surface area contributed by atoms with Gasteiger partial charge in [-0.2, -0.15) is 0 Å². The molecule has 0 unspecified atom stereocenters. The van der Waals surface area contributed by atoms with Crippen molar-refractivity contribution < 1.29 is 18.6 Å². The van der Waals surface area contributed by atoms with Gasteiger partial charge in [-0.15, -0.1) is 0 Å². The molecule has 0 saturated carbocycles. The lowest BCUT2D eigenvalue weighted by Gasteiger charge is -2.15. The van der Waals surface area contributed by atoms with Crippen LogP contribution < -0.4 is 19.6 Å². The van der Waals surface area contributed by atoms with E-state index < -0.39 is 0 Å². The predicted molar refractivity (Wildman–Crippen MR) is 104 cm³/mol. The molecule has 1 aromatic heterocycles. The molecule has 0 saturated heterocycles. The monoisotopic (exact) mass is 366 g/mol. The van der Waals surface area contributed by atoms with Crippen LogP contribution in [0.3, 0.4) is 0 Å². The molecule has 1 aliphatic rings. The first-order valence-corrected chi connectivity index (χ1v) is 9.15. The van der Waals surface area contributed by atoms with Crippen molar-refractivity contribution in [2.45, 2.75) is 40.2 Å². The van der Waals surface area contributed by atoms with Crippen LogP contribution >= 0.6 is 0 Å². The van der Waals surface area contributed by atoms with Gasteiger partial charge in [-0.25, -0.2) is 0 Å². The summed E-state index contributed by atoms with van der Waals surface area (Å²) < 4.78 is 22.7. The Morgan fingerprint density at radius 2 is 1.89 bits per heavy atom. The molecule has 4 rings (SSSR count). The zero-order valence-corrected chi connectivity index (χ0v) is 15.9. The number of hydrogen-bond acceptors (Lipinski definition) is 5. The summed E-state index contributed by atoms with van der Waals surface area (Å²) in [5.41, 5.74) is 2.77. The molecule has 5 nitrogen and oxygen atoms in total. The third-order valence-corrected chi connectivity index (χ3v) is 4.65. The van der Waals surface area contributed by atoms with Gasteiger partial charge in [0.2, 0.25) is 12.2 Å². The second kappa shape index (κ2) is 6.65. The summed E-state index contributed by atoms with van der Waals surface area (Å²) in [5.74, 6) is 2.65. The van der Waals surface area contributed by atoms with Crippen molar-refractivity contribution in [1.82, 2.24) is 0 Å². The van der Waals surface area contributed by atoms with Crippen molar-refractivity contribution in [2.75, 3.05) is 6.79 Å². The zero-order chi connectivity index (χ0) is 19.1. The highest BCUT2D eigenvalue weighted by atomic mass is 16.7. The van der Waals surface area contributed by atoms with Gasteiger partial charge in [-0.3, -0.25) is 4.79 Å². The van der Waals surface area contributed by atoms with Crippen LogP contribution in [0.15, 0.2) is 39.5 Å². The topological polar surface area (TPSA) is 57.9 Å². The Balaban J connectivity index is 1.91. The molecule has 0 bridgehead atoms. The number of aryl methyl sites for hydroxylation is 2. The highest BCUT2D eigenvalue weighted by Crippen LogP contribution is 2.37. The van der Waals surface area contributed by atoms with Crippen LogP contribution in [0.25, 0.3) is 22.1 Å². The average Bonchev–Trinajstić information content (AvgIpc) is 3.08. The van der Waals surface area contributed by atoms with E-state index in [1.807, 2.05) is 51.1 Å². The third-order valence-electron chi connectivity index (χ3n) is 4.65. The Morgan fingerprint density at radius 1 is 1.11 bits per heavy atom. The van der Waals surface area contributed by atoms with Gasteiger partial charge in [-0.1, -0.05) is 13.0 Å². The Morgan fingerprint density at radius 3 is 2.63 bits per heavy atom. The van der Waals surface area contributed by atoms with Gasteiger partial charge in [0.1, 0.15) is 17.1 Å². The molecule has 27 heavy (non-hydrogen) atoms. The maximum atomic E-state index is 13.3. The quantitative estimate of drug-likeness (QED) is 0.661. The van der Waals surface area contributed by atoms with Gasteiger partial charge in [0.15, 0.2) is 11.5 Å². The second-order valence-electron chi connectivity index (χ2n) is 6.91. The normalized spacial score (nSPS) is 12.8. The number of fused-ring (bicyclic) bond motifs is 2. The lowest BCUT2D eigenvalue weighted by molar-refractivity contribution is 0.174. The second-order valence-corrected chi connectivity index (χ2v) is 6.91. The first kappa shape index (κ1) is 17.5. The molecular formula is C22H22O5. The fraction of sp³-hybridized carbons (Fsp3) is 0.318. The molecule has 2 aromatic carbocycles. The SMILES string of the molecule is CCc1cc2c(=O)c(-c3ccc4c(c3)OCO4)c(C)oc2cc1OC(C)C. The molecule has 140 valence electrons. The van der Waals surface area contributed by atoms with E-state index >= 15 is 0 Å². The minimum atomic E-state index is -0.0570. The largest absolute Gasteiger partial charge is 0.491 e. The molecular weight excluding hydrogens is 344 g/mol. The van der Waals surface area contributed by atoms with Crippen molar-refractivity contribution in [3.05, 3.63) is 51.9 Å². The summed E-state index contributed by atoms with van der Waals surface area (Å²) in [4.78, 5) is 13.3. The summed E-state index contributed by atoms with van der Waals surface area (Å²) in [6.45, 7) is 8.00. The smallest absolute Gasteiger partial charge is 0.231 e. The van der Waals surface area contributed by atoms with E-state index in [9.17, 15) is 4.79 Å². The molecule has 0 amide bonds. The summed E-state index contributed by atoms with van der Waals surface area (Å²) in [6.07, 6.45) is 0.818. The molecule has 0 spiro atoms. The van der Waals surface area contributed by atoms with Gasteiger partial charge >= 0.3 is 0 Å². The van der Waals surface area contributed by atoms with Crippen LogP contribution in [0.1, 0.15) is 32.1 Å². The molecule has 0 atom stereocenters. The van der Waals surface area contributed by atoms with Gasteiger partial charge < -0.3 is 18.6 Å². The molecule has 0 aliphatic carbocycles. The molecule has 3 aromatic rings. The summed E-state index contributed by atoms with van der Waals surface area (Å²) in [6, 6.07) is 9.21. The fourth-order valence-electron chi connectivity index (χ4n) is 3.40. The number of rotatable bonds is 4. The minimum absolute atomic E-state index is 0.0495. The molecule has 2 heterocycles. The number of benzene rings is 2. The lowest BCUT2D eigenvalue weighted by atomic mass is 10.0. The van der Waals surface area contributed by atoms with Gasteiger partial charge in [-0.05, 0) is 56.5 Å². The first-order valence-electron chi connectivity index (χ1n) is 9.15. The maximum absolute atomic E-state index is 13.3. The first-order chi connectivity index (χ1) is 13.0. The van der Waals surface area contributed by atoms with Crippen molar-refractivity contribution in [1.29, 1.82) is 0 Å². The van der Waals surface area contributed by atoms with Crippen molar-refractivity contribution in [2.24, 2.45) is 0 Å². The average molecular weight is 366 g/mol. The minimum Gasteiger partial charge on any atom is -0.491 e. The van der Waals surface area contributed by atoms with Gasteiger partial charge in [0.05, 0.1) is 17.1 Å². The van der Waals surface area contributed by atoms with E-state index in [4.69, 9.17) is 18.6 Å².